The van der Waals surface area contributed by atoms with Crippen LogP contribution in [0.25, 0.3) is 0 Å². The highest BCUT2D eigenvalue weighted by Crippen LogP contribution is 2.29. The minimum absolute atomic E-state index is 0.0141. The van der Waals surface area contributed by atoms with Gasteiger partial charge in [0.2, 0.25) is 11.8 Å². The molecule has 0 radical (unpaired) electrons. The van der Waals surface area contributed by atoms with Crippen LogP contribution in [0.3, 0.4) is 0 Å². The molecule has 188 valence electrons. The highest BCUT2D eigenvalue weighted by molar-refractivity contribution is 5.99. The van der Waals surface area contributed by atoms with Gasteiger partial charge in [-0.25, -0.2) is 0 Å². The van der Waals surface area contributed by atoms with Crippen molar-refractivity contribution in [2.24, 2.45) is 0 Å². The molecular weight excluding hydrogens is 456 g/mol. The van der Waals surface area contributed by atoms with E-state index in [-0.39, 0.29) is 24.5 Å². The Labute approximate surface area is 202 Å². The number of ketones is 1. The topological polar surface area (TPSA) is 152 Å². The second kappa shape index (κ2) is 11.2. The van der Waals surface area contributed by atoms with Crippen LogP contribution in [0.15, 0.2) is 40.9 Å². The molecule has 35 heavy (non-hydrogen) atoms. The lowest BCUT2D eigenvalue weighted by Gasteiger charge is -2.24. The molecule has 11 heteroatoms. The van der Waals surface area contributed by atoms with Gasteiger partial charge >= 0.3 is 0 Å². The predicted octanol–water partition coefficient (Wildman–Crippen LogP) is 0.318. The first-order valence-electron chi connectivity index (χ1n) is 11.2. The first kappa shape index (κ1) is 26.0. The summed E-state index contributed by atoms with van der Waals surface area (Å²) >= 11 is 0. The average molecular weight is 487 g/mol. The standard InChI is InChI=1S/C24H30N4O7/c1-14-10-18(28-35-14)22(31)27-19(12-33-4)23(32)25-15(2)21(30)26-17(20(29)24(3)13-34-24)11-16-8-6-5-7-9-16/h5-10,15,17,19H,11-13H2,1-4H3,(H,25,32)(H,26,30)(H,27,31)/t15-,17-,19-,24+/m0/s1. The predicted molar refractivity (Wildman–Crippen MR) is 123 cm³/mol. The van der Waals surface area contributed by atoms with Gasteiger partial charge in [0.25, 0.3) is 5.91 Å². The van der Waals surface area contributed by atoms with Gasteiger partial charge in [-0.1, -0.05) is 35.5 Å². The second-order valence-corrected chi connectivity index (χ2v) is 8.67. The van der Waals surface area contributed by atoms with E-state index in [1.807, 2.05) is 30.3 Å². The number of ether oxygens (including phenoxy) is 2. The molecule has 1 aliphatic rings. The van der Waals surface area contributed by atoms with Crippen LogP contribution in [0.5, 0.6) is 0 Å². The zero-order valence-corrected chi connectivity index (χ0v) is 20.1. The number of nitrogens with one attached hydrogen (secondary N) is 3. The quantitative estimate of drug-likeness (QED) is 0.363. The Morgan fingerprint density at radius 2 is 1.77 bits per heavy atom. The van der Waals surface area contributed by atoms with Crippen molar-refractivity contribution >= 4 is 23.5 Å². The maximum absolute atomic E-state index is 13.0. The van der Waals surface area contributed by atoms with E-state index >= 15 is 0 Å². The van der Waals surface area contributed by atoms with E-state index in [0.29, 0.717) is 12.4 Å². The average Bonchev–Trinajstić information content (AvgIpc) is 3.43. The van der Waals surface area contributed by atoms with Crippen LogP contribution >= 0.6 is 0 Å². The minimum atomic E-state index is -1.08. The maximum atomic E-state index is 13.0. The molecule has 0 bridgehead atoms. The number of hydrogen-bond donors (Lipinski definition) is 3. The van der Waals surface area contributed by atoms with E-state index in [0.717, 1.165) is 5.56 Å². The number of epoxide rings is 1. The molecule has 0 unspecified atom stereocenters. The monoisotopic (exact) mass is 486 g/mol. The molecule has 1 aliphatic heterocycles. The van der Waals surface area contributed by atoms with E-state index in [4.69, 9.17) is 14.0 Å². The van der Waals surface area contributed by atoms with Gasteiger partial charge in [-0.2, -0.15) is 0 Å². The summed E-state index contributed by atoms with van der Waals surface area (Å²) in [6, 6.07) is 7.81. The Balaban J connectivity index is 1.62. The molecule has 2 heterocycles. The van der Waals surface area contributed by atoms with Crippen LogP contribution in [0.1, 0.15) is 35.7 Å². The van der Waals surface area contributed by atoms with E-state index in [2.05, 4.69) is 21.1 Å². The molecule has 3 amide bonds. The van der Waals surface area contributed by atoms with E-state index in [9.17, 15) is 19.2 Å². The van der Waals surface area contributed by atoms with Crippen molar-refractivity contribution in [2.75, 3.05) is 20.3 Å². The van der Waals surface area contributed by atoms with Crippen molar-refractivity contribution in [1.82, 2.24) is 21.1 Å². The van der Waals surface area contributed by atoms with Crippen LogP contribution < -0.4 is 16.0 Å². The number of amides is 3. The summed E-state index contributed by atoms with van der Waals surface area (Å²) in [5, 5.41) is 11.4. The third kappa shape index (κ3) is 6.96. The van der Waals surface area contributed by atoms with Crippen molar-refractivity contribution in [1.29, 1.82) is 0 Å². The van der Waals surface area contributed by atoms with Crippen molar-refractivity contribution in [3.63, 3.8) is 0 Å². The number of rotatable bonds is 12. The van der Waals surface area contributed by atoms with E-state index < -0.39 is 41.4 Å². The Morgan fingerprint density at radius 1 is 1.09 bits per heavy atom. The largest absolute Gasteiger partial charge is 0.382 e. The number of nitrogens with zero attached hydrogens (tertiary/aromatic N) is 1. The molecule has 3 N–H and O–H groups in total. The van der Waals surface area contributed by atoms with E-state index in [1.54, 1.807) is 13.8 Å². The fraction of sp³-hybridized carbons (Fsp3) is 0.458. The molecule has 4 atom stereocenters. The van der Waals surface area contributed by atoms with E-state index in [1.165, 1.54) is 20.1 Å². The third-order valence-electron chi connectivity index (χ3n) is 5.58. The zero-order valence-electron chi connectivity index (χ0n) is 20.1. The van der Waals surface area contributed by atoms with Crippen LogP contribution in [-0.2, 0) is 30.3 Å². The molecule has 0 spiro atoms. The second-order valence-electron chi connectivity index (χ2n) is 8.67. The van der Waals surface area contributed by atoms with Gasteiger partial charge in [-0.3, -0.25) is 19.2 Å². The summed E-state index contributed by atoms with van der Waals surface area (Å²) in [6.07, 6.45) is 0.282. The van der Waals surface area contributed by atoms with Crippen molar-refractivity contribution in [3.05, 3.63) is 53.4 Å². The SMILES string of the molecule is COC[C@H](NC(=O)c1cc(C)on1)C(=O)N[C@@H](C)C(=O)N[C@@H](Cc1ccccc1)C(=O)[C@@]1(C)CO1. The summed E-state index contributed by atoms with van der Waals surface area (Å²) < 4.78 is 15.2. The van der Waals surface area contributed by atoms with Crippen molar-refractivity contribution < 1.29 is 33.2 Å². The Kier molecular flexibility index (Phi) is 8.36. The first-order valence-corrected chi connectivity index (χ1v) is 11.2. The summed E-state index contributed by atoms with van der Waals surface area (Å²) in [5.41, 5.74) is -0.0368. The van der Waals surface area contributed by atoms with Gasteiger partial charge in [0.1, 0.15) is 23.4 Å². The molecule has 11 nitrogen and oxygen atoms in total. The molecule has 2 aromatic rings. The molecule has 0 aliphatic carbocycles. The summed E-state index contributed by atoms with van der Waals surface area (Å²) in [7, 11) is 1.38. The van der Waals surface area contributed by atoms with Crippen molar-refractivity contribution in [3.8, 4) is 0 Å². The smallest absolute Gasteiger partial charge is 0.274 e. The lowest BCUT2D eigenvalue weighted by atomic mass is 9.94. The van der Waals surface area contributed by atoms with Crippen molar-refractivity contribution in [2.45, 2.75) is 50.9 Å². The van der Waals surface area contributed by atoms with Gasteiger partial charge in [0.15, 0.2) is 11.5 Å². The lowest BCUT2D eigenvalue weighted by molar-refractivity contribution is -0.133. The van der Waals surface area contributed by atoms with Crippen LogP contribution in [-0.4, -0.2) is 72.7 Å². The summed E-state index contributed by atoms with van der Waals surface area (Å²) in [5.74, 6) is -1.60. The Bertz CT molecular complexity index is 1060. The first-order chi connectivity index (χ1) is 16.6. The lowest BCUT2D eigenvalue weighted by Crippen LogP contribution is -2.56. The number of aromatic nitrogens is 1. The molecular formula is C24H30N4O7. The van der Waals surface area contributed by atoms with Gasteiger partial charge in [-0.15, -0.1) is 0 Å². The minimum Gasteiger partial charge on any atom is -0.382 e. The number of carbonyl (C=O) groups is 4. The molecule has 1 fully saturated rings. The molecule has 3 rings (SSSR count). The number of benzene rings is 1. The molecule has 1 aromatic heterocycles. The van der Waals surface area contributed by atoms with Crippen LogP contribution in [0.2, 0.25) is 0 Å². The van der Waals surface area contributed by atoms with Gasteiger partial charge in [-0.05, 0) is 32.8 Å². The number of Topliss-reactive ketones (excluding diaryl/α,β-unsaturated/α-hetero) is 1. The number of hydrogen-bond acceptors (Lipinski definition) is 8. The molecule has 1 aromatic carbocycles. The summed E-state index contributed by atoms with van der Waals surface area (Å²) in [6.45, 7) is 4.96. The van der Waals surface area contributed by atoms with Gasteiger partial charge < -0.3 is 29.9 Å². The number of methoxy groups -OCH3 is 1. The van der Waals surface area contributed by atoms with Crippen LogP contribution in [0, 0.1) is 6.92 Å². The third-order valence-corrected chi connectivity index (χ3v) is 5.58. The number of carbonyl (C=O) groups excluding carboxylic acids is 4. The molecule has 0 saturated carbocycles. The number of aryl methyl sites for hydroxylation is 1. The Hall–Kier alpha value is -3.57. The highest BCUT2D eigenvalue weighted by Gasteiger charge is 2.50. The molecule has 1 saturated heterocycles. The fourth-order valence-corrected chi connectivity index (χ4v) is 3.41. The van der Waals surface area contributed by atoms with Gasteiger partial charge in [0, 0.05) is 13.2 Å². The maximum Gasteiger partial charge on any atom is 0.274 e. The highest BCUT2D eigenvalue weighted by atomic mass is 16.6. The Morgan fingerprint density at radius 3 is 2.34 bits per heavy atom. The normalized spacial score (nSPS) is 19.2. The van der Waals surface area contributed by atoms with Crippen LogP contribution in [0.4, 0.5) is 0 Å². The summed E-state index contributed by atoms with van der Waals surface area (Å²) in [4.78, 5) is 51.0. The zero-order chi connectivity index (χ0) is 25.6. The fourth-order valence-electron chi connectivity index (χ4n) is 3.41. The van der Waals surface area contributed by atoms with Gasteiger partial charge in [0.05, 0.1) is 19.3 Å².